The Morgan fingerprint density at radius 2 is 1.18 bits per heavy atom. The zero-order valence-electron chi connectivity index (χ0n) is 15.5. The molecule has 2 saturated carbocycles. The molecule has 0 aromatic carbocycles. The van der Waals surface area contributed by atoms with Gasteiger partial charge in [-0.25, -0.2) is 0 Å². The quantitative estimate of drug-likeness (QED) is 0.184. The van der Waals surface area contributed by atoms with Gasteiger partial charge in [0, 0.05) is 25.6 Å². The third-order valence-electron chi connectivity index (χ3n) is 2.61. The maximum atomic E-state index is 11.6. The average Bonchev–Trinajstić information content (AvgIpc) is 3.03. The van der Waals surface area contributed by atoms with Gasteiger partial charge in [-0.1, -0.05) is 5.57 Å². The molecule has 10 heteroatoms. The van der Waals surface area contributed by atoms with Gasteiger partial charge in [0.1, 0.15) is 0 Å². The van der Waals surface area contributed by atoms with Gasteiger partial charge in [0.05, 0.1) is 0 Å². The summed E-state index contributed by atoms with van der Waals surface area (Å²) >= 11 is 0. The van der Waals surface area contributed by atoms with Crippen molar-refractivity contribution in [3.8, 4) is 0 Å². The van der Waals surface area contributed by atoms with Gasteiger partial charge in [-0.3, -0.25) is 4.79 Å². The molecule has 0 aliphatic heterocycles. The summed E-state index contributed by atoms with van der Waals surface area (Å²) in [6.07, 6.45) is 21.6. The molecule has 0 spiro atoms. The molecule has 0 heterocycles. The number of likely N-dealkylation sites (N-methyl/N-ethyl adjacent to an activating group) is 1. The zero-order valence-corrected chi connectivity index (χ0v) is 18.1. The third-order valence-corrected chi connectivity index (χ3v) is 2.61. The van der Waals surface area contributed by atoms with Crippen molar-refractivity contribution >= 4 is 13.7 Å². The van der Waals surface area contributed by atoms with E-state index in [2.05, 4.69) is 0 Å². The van der Waals surface area contributed by atoms with Crippen LogP contribution in [0.15, 0.2) is 11.6 Å². The van der Waals surface area contributed by atoms with Crippen molar-refractivity contribution in [3.63, 3.8) is 0 Å². The molecule has 2 aliphatic rings. The van der Waals surface area contributed by atoms with Crippen LogP contribution in [0.1, 0.15) is 13.8 Å². The molecule has 2 aliphatic carbocycles. The second-order valence-electron chi connectivity index (χ2n) is 5.82. The van der Waals surface area contributed by atoms with E-state index >= 15 is 0 Å². The van der Waals surface area contributed by atoms with Crippen molar-refractivity contribution in [3.05, 3.63) is 81.8 Å². The maximum absolute atomic E-state index is 11.6. The van der Waals surface area contributed by atoms with Gasteiger partial charge in [0.15, 0.2) is 0 Å². The molecule has 2 rings (SSSR count). The molecule has 0 saturated heterocycles. The molecule has 0 aromatic heterocycles. The van der Waals surface area contributed by atoms with E-state index in [0.29, 0.717) is 6.54 Å². The van der Waals surface area contributed by atoms with Crippen LogP contribution in [0.5, 0.6) is 0 Å². The molecular weight excluding hydrogens is 492 g/mol. The van der Waals surface area contributed by atoms with Crippen molar-refractivity contribution in [2.75, 3.05) is 13.6 Å². The molecule has 11 radical (unpaired) electrons. The number of nitrogens with zero attached hydrogens (tertiary/aromatic N) is 1. The Labute approximate surface area is 177 Å². The van der Waals surface area contributed by atoms with Crippen LogP contribution in [0.3, 0.4) is 0 Å². The van der Waals surface area contributed by atoms with Crippen LogP contribution in [0, 0.1) is 70.1 Å². The van der Waals surface area contributed by atoms with Gasteiger partial charge in [0.2, 0.25) is 5.91 Å². The Morgan fingerprint density at radius 1 is 0.857 bits per heavy atom. The molecule has 0 unspecified atom stereocenters. The van der Waals surface area contributed by atoms with Gasteiger partial charge in [-0.05, 0) is 78.1 Å². The molecule has 159 valence electrons. The number of carbonyl (C=O) groups is 1. The third kappa shape index (κ3) is 25.8. The van der Waals surface area contributed by atoms with Crippen LogP contribution in [0.25, 0.3) is 0 Å². The summed E-state index contributed by atoms with van der Waals surface area (Å²) < 4.78 is 59.2. The normalized spacial score (nSPS) is 19.3. The Kier molecular flexibility index (Phi) is 12.7. The van der Waals surface area contributed by atoms with E-state index in [0.717, 1.165) is 11.5 Å². The summed E-state index contributed by atoms with van der Waals surface area (Å²) in [7, 11) is -8.84. The summed E-state index contributed by atoms with van der Waals surface area (Å²) in [5.41, 5.74) is 1.03. The smallest absolute Gasteiger partial charge is 0.0312 e. The fourth-order valence-corrected chi connectivity index (χ4v) is 1.61. The molecule has 2 fully saturated rings. The maximum Gasteiger partial charge on any atom is 2.00 e. The van der Waals surface area contributed by atoms with Gasteiger partial charge in [-0.2, -0.15) is 0 Å². The number of halogens is 6. The average molecular weight is 514 g/mol. The Balaban J connectivity index is 0. The predicted molar refractivity (Wildman–Crippen MR) is 96.9 cm³/mol. The number of carbonyl (C=O) groups excluding carboxylic acids is 1. The van der Waals surface area contributed by atoms with Crippen molar-refractivity contribution in [1.82, 2.24) is 4.90 Å². The molecule has 0 atom stereocenters. The van der Waals surface area contributed by atoms with E-state index in [1.165, 1.54) is 0 Å². The van der Waals surface area contributed by atoms with E-state index < -0.39 is 7.81 Å². The standard InChI is InChI=1S/C13H17NO.C5H5.F6P.Ru/c1-11(2)9-13(15)14(3)10-12-7-5-4-6-8-12;1-2-4-5-3-1;1-7(2,3,4,5)6;/h4-9H,10H2,1-3H3;1-5H;;/q;;-1;+2. The van der Waals surface area contributed by atoms with Crippen LogP contribution in [-0.4, -0.2) is 24.4 Å². The van der Waals surface area contributed by atoms with E-state index in [1.807, 2.05) is 85.1 Å². The second kappa shape index (κ2) is 11.9. The SMILES string of the molecule is CC(C)=CC(=O)N(C)C[C]1[CH][CH][CH][CH][CH]1.F[P-](F)(F)(F)(F)F.[CH]1[CH][CH][CH][CH]1.[Ru+2]. The molecule has 0 bridgehead atoms. The van der Waals surface area contributed by atoms with E-state index in [4.69, 9.17) is 0 Å². The summed E-state index contributed by atoms with van der Waals surface area (Å²) in [4.78, 5) is 13.3. The Bertz CT molecular complexity index is 462. The number of allylic oxidation sites excluding steroid dienone is 1. The molecule has 28 heavy (non-hydrogen) atoms. The van der Waals surface area contributed by atoms with Crippen molar-refractivity contribution in [1.29, 1.82) is 0 Å². The Morgan fingerprint density at radius 3 is 1.50 bits per heavy atom. The van der Waals surface area contributed by atoms with Crippen LogP contribution in [0.4, 0.5) is 25.2 Å². The summed E-state index contributed by atoms with van der Waals surface area (Å²) in [5.74, 6) is 1.20. The summed E-state index contributed by atoms with van der Waals surface area (Å²) in [5, 5.41) is 0. The fraction of sp³-hybridized carbons (Fsp3) is 0.222. The van der Waals surface area contributed by atoms with E-state index in [-0.39, 0.29) is 25.4 Å². The molecule has 2 nitrogen and oxygen atoms in total. The number of hydrogen-bond donors (Lipinski definition) is 0. The van der Waals surface area contributed by atoms with Crippen LogP contribution >= 0.6 is 7.81 Å². The van der Waals surface area contributed by atoms with Crippen molar-refractivity contribution in [2.45, 2.75) is 13.8 Å². The minimum atomic E-state index is -10.7. The van der Waals surface area contributed by atoms with Gasteiger partial charge in [0.25, 0.3) is 0 Å². The van der Waals surface area contributed by atoms with Gasteiger partial charge < -0.3 is 4.90 Å². The van der Waals surface area contributed by atoms with Gasteiger partial charge in [-0.15, -0.1) is 0 Å². The first kappa shape index (κ1) is 30.0. The monoisotopic (exact) mass is 515 g/mol. The van der Waals surface area contributed by atoms with Crippen molar-refractivity contribution < 1.29 is 49.5 Å². The molecule has 1 amide bonds. The summed E-state index contributed by atoms with van der Waals surface area (Å²) in [6, 6.07) is 0. The topological polar surface area (TPSA) is 20.3 Å². The van der Waals surface area contributed by atoms with E-state index in [1.54, 1.807) is 11.0 Å². The second-order valence-corrected chi connectivity index (χ2v) is 7.74. The van der Waals surface area contributed by atoms with Gasteiger partial charge >= 0.3 is 52.5 Å². The van der Waals surface area contributed by atoms with Crippen molar-refractivity contribution in [2.24, 2.45) is 0 Å². The fourth-order valence-electron chi connectivity index (χ4n) is 1.61. The minimum Gasteiger partial charge on any atom is -0.0312 e. The molecule has 0 aromatic rings. The van der Waals surface area contributed by atoms with Crippen LogP contribution < -0.4 is 0 Å². The molecular formula is C18H22F6NOPRu+. The zero-order chi connectivity index (χ0) is 21.2. The Hall–Kier alpha value is -0.157. The minimum absolute atomic E-state index is 0. The van der Waals surface area contributed by atoms with Crippen LogP contribution in [-0.2, 0) is 24.3 Å². The van der Waals surface area contributed by atoms with E-state index in [9.17, 15) is 30.0 Å². The predicted octanol–water partition coefficient (Wildman–Crippen LogP) is 6.42. The number of rotatable bonds is 3. The first-order chi connectivity index (χ1) is 12.0. The summed E-state index contributed by atoms with van der Waals surface area (Å²) in [6.45, 7) is 4.51. The molecule has 0 N–H and O–H groups in total. The first-order valence-electron chi connectivity index (χ1n) is 7.71. The van der Waals surface area contributed by atoms with Crippen LogP contribution in [0.2, 0.25) is 0 Å². The number of hydrogen-bond acceptors (Lipinski definition) is 1. The number of amides is 1. The largest absolute Gasteiger partial charge is 2.00 e. The first-order valence-corrected chi connectivity index (χ1v) is 9.74.